The molecule has 1 heterocycles. The van der Waals surface area contributed by atoms with Crippen LogP contribution in [-0.2, 0) is 10.8 Å². The third-order valence-corrected chi connectivity index (χ3v) is 14.9. The Kier molecular flexibility index (Phi) is 6.84. The van der Waals surface area contributed by atoms with Crippen molar-refractivity contribution in [1.82, 2.24) is 4.98 Å². The van der Waals surface area contributed by atoms with Crippen LogP contribution in [0, 0.1) is 12.3 Å². The molecule has 2 aliphatic rings. The van der Waals surface area contributed by atoms with Crippen LogP contribution in [0.4, 0.5) is 19.4 Å². The first-order chi connectivity index (χ1) is 17.4. The minimum Gasteiger partial charge on any atom is -0.559 e. The summed E-state index contributed by atoms with van der Waals surface area (Å²) in [6.45, 7) is 16.9. The van der Waals surface area contributed by atoms with Crippen LogP contribution < -0.4 is 0 Å². The molecule has 1 aromatic carbocycles. The predicted octanol–water partition coefficient (Wildman–Crippen LogP) is 10.4. The summed E-state index contributed by atoms with van der Waals surface area (Å²) < 4.78 is 73.5. The quantitative estimate of drug-likeness (QED) is 0.268. The molecule has 0 amide bonds. The van der Waals surface area contributed by atoms with E-state index in [2.05, 4.69) is 33.9 Å². The van der Waals surface area contributed by atoms with Crippen molar-refractivity contribution in [2.75, 3.05) is 0 Å². The van der Waals surface area contributed by atoms with Crippen molar-refractivity contribution in [3.05, 3.63) is 57.9 Å². The van der Waals surface area contributed by atoms with E-state index in [-0.39, 0.29) is 28.0 Å². The molecule has 221 valence electrons. The van der Waals surface area contributed by atoms with Gasteiger partial charge in [0.2, 0.25) is 0 Å². The molecule has 0 bridgehead atoms. The van der Waals surface area contributed by atoms with Gasteiger partial charge < -0.3 is 9.53 Å². The van der Waals surface area contributed by atoms with Crippen molar-refractivity contribution in [2.24, 2.45) is 5.41 Å². The first-order valence-corrected chi connectivity index (χ1v) is 18.5. The van der Waals surface area contributed by atoms with E-state index in [9.17, 15) is 24.5 Å². The average Bonchev–Trinajstić information content (AvgIpc) is 2.74. The molecule has 1 spiro atoms. The zero-order chi connectivity index (χ0) is 29.5. The molecule has 4 rings (SSSR count). The number of halogens is 5. The van der Waals surface area contributed by atoms with Gasteiger partial charge in [-0.2, -0.15) is 0 Å². The summed E-state index contributed by atoms with van der Waals surface area (Å²) in [6.07, 6.45) is 3.66. The van der Waals surface area contributed by atoms with Crippen molar-refractivity contribution in [2.45, 2.75) is 115 Å². The van der Waals surface area contributed by atoms with Gasteiger partial charge in [-0.15, -0.1) is 18.1 Å². The van der Waals surface area contributed by atoms with Gasteiger partial charge in [0.1, 0.15) is 11.0 Å². The lowest BCUT2D eigenvalue weighted by Crippen LogP contribution is -2.46. The van der Waals surface area contributed by atoms with Crippen molar-refractivity contribution in [3.8, 4) is 0 Å². The number of pyridine rings is 1. The molecular weight excluding hydrogens is 549 g/mol. The fourth-order valence-electron chi connectivity index (χ4n) is 5.85. The topological polar surface area (TPSA) is 42.4 Å². The van der Waals surface area contributed by atoms with E-state index in [1.165, 1.54) is 6.42 Å². The Morgan fingerprint density at radius 3 is 2.05 bits per heavy atom. The molecular formula is C29H42F5NO2SSi-. The maximum atomic E-state index is 13.3. The largest absolute Gasteiger partial charge is 0.559 e. The number of rotatable bonds is 6. The molecule has 39 heavy (non-hydrogen) atoms. The second kappa shape index (κ2) is 8.75. The van der Waals surface area contributed by atoms with Crippen LogP contribution in [0.5, 0.6) is 0 Å². The highest BCUT2D eigenvalue weighted by Crippen LogP contribution is 3.02. The van der Waals surface area contributed by atoms with Gasteiger partial charge in [0.25, 0.3) is 0 Å². The van der Waals surface area contributed by atoms with Gasteiger partial charge in [-0.3, -0.25) is 4.98 Å². The molecule has 1 fully saturated rings. The molecule has 10 heteroatoms. The van der Waals surface area contributed by atoms with Crippen LogP contribution in [0.3, 0.4) is 0 Å². The van der Waals surface area contributed by atoms with Crippen molar-refractivity contribution >= 4 is 18.5 Å². The minimum atomic E-state index is -9.81. The number of aliphatic hydroxyl groups is 1. The molecule has 1 aromatic heterocycles. The molecule has 0 radical (unpaired) electrons. The molecule has 3 nitrogen and oxygen atoms in total. The van der Waals surface area contributed by atoms with Gasteiger partial charge in [-0.05, 0) is 75.5 Å². The Hall–Kier alpha value is -1.49. The van der Waals surface area contributed by atoms with Crippen molar-refractivity contribution in [1.29, 1.82) is 0 Å². The van der Waals surface area contributed by atoms with Crippen LogP contribution >= 0.6 is 10.2 Å². The summed E-state index contributed by atoms with van der Waals surface area (Å²) in [4.78, 5) is 3.13. The van der Waals surface area contributed by atoms with Crippen molar-refractivity contribution < 1.29 is 29.0 Å². The SMILES string of the molecule is Cc1c2c(nc(C(C)C)c1[C@@H](O)c1ccc(S(F)(F)(F)(F)F)cc1)CC1(CCC1)CC2O[Si-](C)(C)C(C)(C)C. The third-order valence-electron chi connectivity index (χ3n) is 9.25. The van der Waals surface area contributed by atoms with E-state index in [0.29, 0.717) is 23.4 Å². The van der Waals surface area contributed by atoms with E-state index in [1.54, 1.807) is 0 Å². The Morgan fingerprint density at radius 2 is 1.62 bits per heavy atom. The second-order valence-corrected chi connectivity index (χ2v) is 20.8. The number of aliphatic hydroxyl groups excluding tert-OH is 1. The van der Waals surface area contributed by atoms with Gasteiger partial charge in [0.05, 0.1) is 0 Å². The molecule has 2 aliphatic carbocycles. The van der Waals surface area contributed by atoms with Gasteiger partial charge in [0, 0.05) is 28.6 Å². The van der Waals surface area contributed by atoms with E-state index in [1.807, 2.05) is 20.8 Å². The monoisotopic (exact) mass is 591 g/mol. The Balaban J connectivity index is 1.85. The van der Waals surface area contributed by atoms with Gasteiger partial charge in [0.15, 0.2) is 0 Å². The maximum absolute atomic E-state index is 13.3. The fourth-order valence-corrected chi connectivity index (χ4v) is 7.77. The number of fused-ring (bicyclic) bond motifs is 1. The summed E-state index contributed by atoms with van der Waals surface area (Å²) in [6, 6.07) is 2.60. The molecule has 0 saturated heterocycles. The van der Waals surface area contributed by atoms with Gasteiger partial charge >= 0.3 is 10.2 Å². The zero-order valence-corrected chi connectivity index (χ0v) is 26.0. The number of hydrogen-bond donors (Lipinski definition) is 1. The molecule has 1 saturated carbocycles. The Bertz CT molecular complexity index is 1270. The molecule has 1 unspecified atom stereocenters. The van der Waals surface area contributed by atoms with Gasteiger partial charge in [-0.25, -0.2) is 0 Å². The van der Waals surface area contributed by atoms with E-state index >= 15 is 0 Å². The lowest BCUT2D eigenvalue weighted by molar-refractivity contribution is 0.0294. The first kappa shape index (κ1) is 30.5. The summed E-state index contributed by atoms with van der Waals surface area (Å²) in [7, 11) is -12.0. The summed E-state index contributed by atoms with van der Waals surface area (Å²) >= 11 is 0. The lowest BCUT2D eigenvalue weighted by atomic mass is 9.59. The molecule has 0 aliphatic heterocycles. The summed E-state index contributed by atoms with van der Waals surface area (Å²) in [5.74, 6) is -0.0679. The number of nitrogens with zero attached hydrogens (tertiary/aromatic N) is 1. The average molecular weight is 592 g/mol. The van der Waals surface area contributed by atoms with Crippen LogP contribution in [0.1, 0.15) is 112 Å². The highest BCUT2D eigenvalue weighted by atomic mass is 32.5. The Morgan fingerprint density at radius 1 is 1.05 bits per heavy atom. The molecule has 2 atom stereocenters. The molecule has 2 aromatic rings. The van der Waals surface area contributed by atoms with Crippen LogP contribution in [0.2, 0.25) is 18.1 Å². The lowest BCUT2D eigenvalue weighted by Gasteiger charge is -2.56. The van der Waals surface area contributed by atoms with Crippen LogP contribution in [0.15, 0.2) is 29.2 Å². The van der Waals surface area contributed by atoms with E-state index in [0.717, 1.165) is 54.6 Å². The van der Waals surface area contributed by atoms with E-state index in [4.69, 9.17) is 9.41 Å². The number of hydrogen-bond acceptors (Lipinski definition) is 3. The van der Waals surface area contributed by atoms with E-state index < -0.39 is 29.5 Å². The van der Waals surface area contributed by atoms with Crippen LogP contribution in [-0.4, -0.2) is 18.4 Å². The fraction of sp³-hybridized carbons (Fsp3) is 0.621. The predicted molar refractivity (Wildman–Crippen MR) is 151 cm³/mol. The second-order valence-electron chi connectivity index (χ2n) is 13.6. The zero-order valence-electron chi connectivity index (χ0n) is 24.2. The Labute approximate surface area is 230 Å². The standard InChI is InChI=1S/C29H42F5NO2SSi/c1-18(2)26-25(27(36)20-10-12-21(13-11-20)38(30,31,32,33)34)19(3)24-22(35-26)16-29(14-9-15-29)17-23(24)37-39(7,8)28(4,5)6/h10-13,18,23,27,36H,9,14-17H2,1-8H3/q-1/t23?,27-/m0/s1. The highest BCUT2D eigenvalue weighted by Gasteiger charge is 2.65. The highest BCUT2D eigenvalue weighted by molar-refractivity contribution is 8.45. The van der Waals surface area contributed by atoms with Gasteiger partial charge in [-0.1, -0.05) is 72.6 Å². The molecule has 1 N–H and O–H groups in total. The van der Waals surface area contributed by atoms with Crippen LogP contribution in [0.25, 0.3) is 0 Å². The number of aromatic nitrogens is 1. The summed E-state index contributed by atoms with van der Waals surface area (Å²) in [5, 5.41) is 11.5. The maximum Gasteiger partial charge on any atom is 0.310 e. The minimum absolute atomic E-state index is 0.0104. The summed E-state index contributed by atoms with van der Waals surface area (Å²) in [5.41, 5.74) is 4.26. The number of benzene rings is 1. The van der Waals surface area contributed by atoms with Crippen molar-refractivity contribution in [3.63, 3.8) is 0 Å². The smallest absolute Gasteiger partial charge is 0.310 e. The third kappa shape index (κ3) is 5.81. The first-order valence-electron chi connectivity index (χ1n) is 13.7. The normalized spacial score (nSPS) is 22.2.